The highest BCUT2D eigenvalue weighted by atomic mass is 16.5. The highest BCUT2D eigenvalue weighted by Gasteiger charge is 2.09. The molecule has 0 aliphatic rings. The number of carbonyl (C=O) groups excluding carboxylic acids is 1. The van der Waals surface area contributed by atoms with Crippen LogP contribution in [0.15, 0.2) is 24.3 Å². The van der Waals surface area contributed by atoms with E-state index >= 15 is 0 Å². The summed E-state index contributed by atoms with van der Waals surface area (Å²) in [6, 6.07) is 7.17. The van der Waals surface area contributed by atoms with E-state index in [1.165, 1.54) is 0 Å². The highest BCUT2D eigenvalue weighted by molar-refractivity contribution is 5.96. The zero-order chi connectivity index (χ0) is 15.5. The van der Waals surface area contributed by atoms with Gasteiger partial charge in [-0.1, -0.05) is 31.4 Å². The highest BCUT2D eigenvalue weighted by Crippen LogP contribution is 2.18. The number of rotatable bonds is 10. The molecule has 116 valence electrons. The van der Waals surface area contributed by atoms with Gasteiger partial charge in [0.25, 0.3) is 5.91 Å². The molecule has 0 saturated carbocycles. The second-order valence-corrected chi connectivity index (χ2v) is 4.84. The number of unbranched alkanes of at least 4 members (excludes halogenated alkanes) is 4. The van der Waals surface area contributed by atoms with Crippen molar-refractivity contribution in [2.24, 2.45) is 0 Å². The summed E-state index contributed by atoms with van der Waals surface area (Å²) in [5, 5.41) is 11.1. The van der Waals surface area contributed by atoms with E-state index in [1.807, 2.05) is 6.07 Å². The van der Waals surface area contributed by atoms with Crippen LogP contribution in [0.4, 0.5) is 0 Å². The lowest BCUT2D eigenvalue weighted by atomic mass is 10.1. The van der Waals surface area contributed by atoms with Crippen LogP contribution in [0, 0.1) is 0 Å². The zero-order valence-electron chi connectivity index (χ0n) is 12.4. The van der Waals surface area contributed by atoms with Gasteiger partial charge in [0.1, 0.15) is 5.75 Å². The SMILES string of the molecule is CNC(=O)c1ccccc1OCCCCCCCC(=O)O. The minimum absolute atomic E-state index is 0.153. The molecule has 0 heterocycles. The summed E-state index contributed by atoms with van der Waals surface area (Å²) < 4.78 is 5.65. The normalized spacial score (nSPS) is 10.1. The van der Waals surface area contributed by atoms with Crippen molar-refractivity contribution in [1.82, 2.24) is 5.32 Å². The van der Waals surface area contributed by atoms with E-state index in [9.17, 15) is 9.59 Å². The Morgan fingerprint density at radius 2 is 1.76 bits per heavy atom. The third kappa shape index (κ3) is 6.79. The molecule has 0 unspecified atom stereocenters. The summed E-state index contributed by atoms with van der Waals surface area (Å²) in [7, 11) is 1.59. The van der Waals surface area contributed by atoms with Crippen LogP contribution < -0.4 is 10.1 Å². The van der Waals surface area contributed by atoms with Gasteiger partial charge in [0.2, 0.25) is 0 Å². The molecule has 2 N–H and O–H groups in total. The first kappa shape index (κ1) is 17.0. The van der Waals surface area contributed by atoms with Crippen molar-refractivity contribution in [3.05, 3.63) is 29.8 Å². The Hall–Kier alpha value is -2.04. The largest absolute Gasteiger partial charge is 0.493 e. The van der Waals surface area contributed by atoms with E-state index < -0.39 is 5.97 Å². The fourth-order valence-electron chi connectivity index (χ4n) is 2.01. The van der Waals surface area contributed by atoms with Crippen molar-refractivity contribution in [2.75, 3.05) is 13.7 Å². The van der Waals surface area contributed by atoms with Gasteiger partial charge >= 0.3 is 5.97 Å². The van der Waals surface area contributed by atoms with Crippen molar-refractivity contribution < 1.29 is 19.4 Å². The van der Waals surface area contributed by atoms with Crippen LogP contribution in [0.1, 0.15) is 48.9 Å². The number of carbonyl (C=O) groups is 2. The number of aliphatic carboxylic acids is 1. The van der Waals surface area contributed by atoms with Crippen LogP contribution in [0.3, 0.4) is 0 Å². The third-order valence-electron chi connectivity index (χ3n) is 3.15. The average molecular weight is 293 g/mol. The summed E-state index contributed by atoms with van der Waals surface area (Å²) in [5.74, 6) is -0.286. The maximum Gasteiger partial charge on any atom is 0.303 e. The van der Waals surface area contributed by atoms with Crippen LogP contribution in [0.5, 0.6) is 5.75 Å². The quantitative estimate of drug-likeness (QED) is 0.650. The third-order valence-corrected chi connectivity index (χ3v) is 3.15. The Kier molecular flexibility index (Phi) is 7.94. The van der Waals surface area contributed by atoms with Gasteiger partial charge in [-0.15, -0.1) is 0 Å². The van der Waals surface area contributed by atoms with Gasteiger partial charge < -0.3 is 15.2 Å². The van der Waals surface area contributed by atoms with Crippen LogP contribution in [0.2, 0.25) is 0 Å². The molecule has 0 bridgehead atoms. The Morgan fingerprint density at radius 1 is 1.10 bits per heavy atom. The van der Waals surface area contributed by atoms with E-state index in [-0.39, 0.29) is 12.3 Å². The van der Waals surface area contributed by atoms with E-state index in [4.69, 9.17) is 9.84 Å². The first-order valence-corrected chi connectivity index (χ1v) is 7.31. The fraction of sp³-hybridized carbons (Fsp3) is 0.500. The summed E-state index contributed by atoms with van der Waals surface area (Å²) in [5.41, 5.74) is 0.543. The van der Waals surface area contributed by atoms with Crippen LogP contribution in [-0.4, -0.2) is 30.6 Å². The van der Waals surface area contributed by atoms with Crippen molar-refractivity contribution >= 4 is 11.9 Å². The maximum atomic E-state index is 11.7. The lowest BCUT2D eigenvalue weighted by molar-refractivity contribution is -0.137. The maximum absolute atomic E-state index is 11.7. The lowest BCUT2D eigenvalue weighted by Crippen LogP contribution is -2.18. The molecule has 0 fully saturated rings. The molecule has 0 aromatic heterocycles. The van der Waals surface area contributed by atoms with Gasteiger partial charge in [-0.05, 0) is 25.0 Å². The van der Waals surface area contributed by atoms with Crippen LogP contribution >= 0.6 is 0 Å². The molecule has 1 rings (SSSR count). The molecule has 0 spiro atoms. The molecule has 5 nitrogen and oxygen atoms in total. The number of amides is 1. The lowest BCUT2D eigenvalue weighted by Gasteiger charge is -2.10. The van der Waals surface area contributed by atoms with Crippen LogP contribution in [-0.2, 0) is 4.79 Å². The number of carboxylic acid groups (broad SMARTS) is 1. The molecule has 1 amide bonds. The van der Waals surface area contributed by atoms with Gasteiger partial charge in [0.15, 0.2) is 0 Å². The van der Waals surface area contributed by atoms with Crippen LogP contribution in [0.25, 0.3) is 0 Å². The van der Waals surface area contributed by atoms with E-state index in [0.29, 0.717) is 17.9 Å². The molecule has 0 aliphatic carbocycles. The number of benzene rings is 1. The van der Waals surface area contributed by atoms with Gasteiger partial charge in [-0.25, -0.2) is 0 Å². The second-order valence-electron chi connectivity index (χ2n) is 4.84. The number of carboxylic acids is 1. The molecule has 1 aromatic rings. The molecule has 21 heavy (non-hydrogen) atoms. The Bertz CT molecular complexity index is 459. The number of hydrogen-bond donors (Lipinski definition) is 2. The van der Waals surface area contributed by atoms with Gasteiger partial charge in [-0.3, -0.25) is 9.59 Å². The van der Waals surface area contributed by atoms with Crippen molar-refractivity contribution in [3.8, 4) is 5.75 Å². The van der Waals surface area contributed by atoms with Crippen molar-refractivity contribution in [2.45, 2.75) is 38.5 Å². The Morgan fingerprint density at radius 3 is 2.48 bits per heavy atom. The molecule has 0 atom stereocenters. The van der Waals surface area contributed by atoms with E-state index in [1.54, 1.807) is 25.2 Å². The molecular weight excluding hydrogens is 270 g/mol. The minimum atomic E-state index is -0.732. The first-order chi connectivity index (χ1) is 10.1. The summed E-state index contributed by atoms with van der Waals surface area (Å²) in [6.07, 6.45) is 4.82. The number of para-hydroxylation sites is 1. The minimum Gasteiger partial charge on any atom is -0.493 e. The number of ether oxygens (including phenoxy) is 1. The molecule has 1 aromatic carbocycles. The summed E-state index contributed by atoms with van der Waals surface area (Å²) in [6.45, 7) is 0.562. The Balaban J connectivity index is 2.21. The van der Waals surface area contributed by atoms with E-state index in [0.717, 1.165) is 32.1 Å². The second kappa shape index (κ2) is 9.80. The predicted molar refractivity (Wildman–Crippen MR) is 80.7 cm³/mol. The van der Waals surface area contributed by atoms with Gasteiger partial charge in [0.05, 0.1) is 12.2 Å². The zero-order valence-corrected chi connectivity index (χ0v) is 12.4. The fourth-order valence-corrected chi connectivity index (χ4v) is 2.01. The Labute approximate surface area is 125 Å². The monoisotopic (exact) mass is 293 g/mol. The molecule has 0 aliphatic heterocycles. The van der Waals surface area contributed by atoms with E-state index in [2.05, 4.69) is 5.32 Å². The summed E-state index contributed by atoms with van der Waals surface area (Å²) in [4.78, 5) is 22.0. The van der Waals surface area contributed by atoms with Crippen molar-refractivity contribution in [3.63, 3.8) is 0 Å². The standard InChI is InChI=1S/C16H23NO4/c1-17-16(20)13-9-6-7-10-14(13)21-12-8-4-2-3-5-11-15(18)19/h6-7,9-10H,2-5,8,11-12H2,1H3,(H,17,20)(H,18,19). The molecule has 0 saturated heterocycles. The van der Waals surface area contributed by atoms with Crippen molar-refractivity contribution in [1.29, 1.82) is 0 Å². The topological polar surface area (TPSA) is 75.6 Å². The molecule has 5 heteroatoms. The average Bonchev–Trinajstić information content (AvgIpc) is 2.49. The number of hydrogen-bond acceptors (Lipinski definition) is 3. The predicted octanol–water partition coefficient (Wildman–Crippen LogP) is 2.85. The van der Waals surface area contributed by atoms with Gasteiger partial charge in [-0.2, -0.15) is 0 Å². The molecular formula is C16H23NO4. The number of nitrogens with one attached hydrogen (secondary N) is 1. The molecule has 0 radical (unpaired) electrons. The summed E-state index contributed by atoms with van der Waals surface area (Å²) >= 11 is 0. The van der Waals surface area contributed by atoms with Gasteiger partial charge in [0, 0.05) is 13.5 Å². The first-order valence-electron chi connectivity index (χ1n) is 7.31. The smallest absolute Gasteiger partial charge is 0.303 e.